The second-order valence-electron chi connectivity index (χ2n) is 6.92. The summed E-state index contributed by atoms with van der Waals surface area (Å²) in [5, 5.41) is 0. The van der Waals surface area contributed by atoms with E-state index < -0.39 is 0 Å². The first-order chi connectivity index (χ1) is 13.7. The van der Waals surface area contributed by atoms with Gasteiger partial charge in [0.1, 0.15) is 0 Å². The summed E-state index contributed by atoms with van der Waals surface area (Å²) in [7, 11) is 0. The highest BCUT2D eigenvalue weighted by molar-refractivity contribution is 5.94. The van der Waals surface area contributed by atoms with E-state index >= 15 is 0 Å². The largest absolute Gasteiger partial charge is 0.339 e. The van der Waals surface area contributed by atoms with Gasteiger partial charge >= 0.3 is 0 Å². The highest BCUT2D eigenvalue weighted by Crippen LogP contribution is 2.10. The SMILES string of the molecule is CCN(CCCCCCN(CC)C(=O)c1ccccc1)C(=O)c1ccccc1. The van der Waals surface area contributed by atoms with Crippen molar-refractivity contribution >= 4 is 11.8 Å². The van der Waals surface area contributed by atoms with Crippen LogP contribution in [0.4, 0.5) is 0 Å². The summed E-state index contributed by atoms with van der Waals surface area (Å²) >= 11 is 0. The smallest absolute Gasteiger partial charge is 0.253 e. The van der Waals surface area contributed by atoms with E-state index in [1.54, 1.807) is 0 Å². The molecular formula is C24H32N2O2. The van der Waals surface area contributed by atoms with Crippen LogP contribution in [0.5, 0.6) is 0 Å². The number of carbonyl (C=O) groups excluding carboxylic acids is 2. The third-order valence-electron chi connectivity index (χ3n) is 4.99. The summed E-state index contributed by atoms with van der Waals surface area (Å²) in [5.41, 5.74) is 1.50. The normalized spacial score (nSPS) is 10.5. The van der Waals surface area contributed by atoms with E-state index in [9.17, 15) is 9.59 Å². The molecule has 2 amide bonds. The standard InChI is InChI=1S/C24H32N2O2/c1-3-25(23(27)21-15-9-7-10-16-21)19-13-5-6-14-20-26(4-2)24(28)22-17-11-8-12-18-22/h7-12,15-18H,3-6,13-14,19-20H2,1-2H3. The van der Waals surface area contributed by atoms with Gasteiger partial charge < -0.3 is 9.80 Å². The van der Waals surface area contributed by atoms with Crippen LogP contribution >= 0.6 is 0 Å². The molecule has 2 aromatic rings. The van der Waals surface area contributed by atoms with Crippen molar-refractivity contribution in [2.24, 2.45) is 0 Å². The first-order valence-electron chi connectivity index (χ1n) is 10.4. The van der Waals surface area contributed by atoms with Crippen molar-refractivity contribution in [1.82, 2.24) is 9.80 Å². The molecule has 0 fully saturated rings. The first kappa shape index (κ1) is 21.7. The highest BCUT2D eigenvalue weighted by Gasteiger charge is 2.14. The lowest BCUT2D eigenvalue weighted by Crippen LogP contribution is -2.32. The molecule has 0 heterocycles. The molecule has 0 radical (unpaired) electrons. The van der Waals surface area contributed by atoms with Crippen molar-refractivity contribution in [3.05, 3.63) is 71.8 Å². The highest BCUT2D eigenvalue weighted by atomic mass is 16.2. The van der Waals surface area contributed by atoms with Crippen LogP contribution in [-0.4, -0.2) is 47.8 Å². The molecule has 0 aromatic heterocycles. The van der Waals surface area contributed by atoms with Crippen LogP contribution in [-0.2, 0) is 0 Å². The molecule has 0 bridgehead atoms. The van der Waals surface area contributed by atoms with Crippen LogP contribution < -0.4 is 0 Å². The first-order valence-corrected chi connectivity index (χ1v) is 10.4. The average molecular weight is 381 g/mol. The number of rotatable bonds is 11. The van der Waals surface area contributed by atoms with Gasteiger partial charge in [0.25, 0.3) is 11.8 Å². The Balaban J connectivity index is 1.69. The van der Waals surface area contributed by atoms with Crippen LogP contribution in [0.2, 0.25) is 0 Å². The zero-order chi connectivity index (χ0) is 20.2. The van der Waals surface area contributed by atoms with Crippen molar-refractivity contribution in [3.8, 4) is 0 Å². The van der Waals surface area contributed by atoms with Gasteiger partial charge in [-0.1, -0.05) is 49.2 Å². The Morgan fingerprint density at radius 3 is 1.29 bits per heavy atom. The lowest BCUT2D eigenvalue weighted by Gasteiger charge is -2.22. The van der Waals surface area contributed by atoms with Crippen molar-refractivity contribution < 1.29 is 9.59 Å². The van der Waals surface area contributed by atoms with Gasteiger partial charge in [0, 0.05) is 37.3 Å². The number of carbonyl (C=O) groups is 2. The van der Waals surface area contributed by atoms with E-state index in [0.717, 1.165) is 63.0 Å². The summed E-state index contributed by atoms with van der Waals surface area (Å²) < 4.78 is 0. The second kappa shape index (κ2) is 12.0. The Hall–Kier alpha value is -2.62. The Labute approximate surface area is 169 Å². The molecule has 0 unspecified atom stereocenters. The Bertz CT molecular complexity index is 652. The van der Waals surface area contributed by atoms with Gasteiger partial charge in [0.05, 0.1) is 0 Å². The van der Waals surface area contributed by atoms with E-state index in [0.29, 0.717) is 0 Å². The Morgan fingerprint density at radius 1 is 0.607 bits per heavy atom. The van der Waals surface area contributed by atoms with Gasteiger partial charge in [-0.15, -0.1) is 0 Å². The molecular weight excluding hydrogens is 348 g/mol. The summed E-state index contributed by atoms with van der Waals surface area (Å²) in [4.78, 5) is 28.8. The van der Waals surface area contributed by atoms with Crippen molar-refractivity contribution in [2.45, 2.75) is 39.5 Å². The number of hydrogen-bond acceptors (Lipinski definition) is 2. The molecule has 0 saturated carbocycles. The number of nitrogens with zero attached hydrogens (tertiary/aromatic N) is 2. The van der Waals surface area contributed by atoms with Gasteiger partial charge in [0.2, 0.25) is 0 Å². The number of amides is 2. The molecule has 0 aliphatic carbocycles. The average Bonchev–Trinajstić information content (AvgIpc) is 2.76. The minimum absolute atomic E-state index is 0.105. The van der Waals surface area contributed by atoms with Crippen LogP contribution in [0.15, 0.2) is 60.7 Å². The van der Waals surface area contributed by atoms with Crippen LogP contribution in [0.25, 0.3) is 0 Å². The van der Waals surface area contributed by atoms with Gasteiger partial charge in [-0.3, -0.25) is 9.59 Å². The summed E-state index contributed by atoms with van der Waals surface area (Å²) in [6.07, 6.45) is 4.11. The third kappa shape index (κ3) is 6.52. The lowest BCUT2D eigenvalue weighted by atomic mass is 10.1. The zero-order valence-electron chi connectivity index (χ0n) is 17.1. The fourth-order valence-corrected chi connectivity index (χ4v) is 3.29. The number of benzene rings is 2. The molecule has 2 rings (SSSR count). The quantitative estimate of drug-likeness (QED) is 0.522. The van der Waals surface area contributed by atoms with E-state index in [-0.39, 0.29) is 11.8 Å². The Morgan fingerprint density at radius 2 is 0.964 bits per heavy atom. The summed E-state index contributed by atoms with van der Waals surface area (Å²) in [6, 6.07) is 18.9. The van der Waals surface area contributed by atoms with Gasteiger partial charge in [-0.25, -0.2) is 0 Å². The predicted octanol–water partition coefficient (Wildman–Crippen LogP) is 4.87. The molecule has 0 N–H and O–H groups in total. The third-order valence-corrected chi connectivity index (χ3v) is 4.99. The van der Waals surface area contributed by atoms with Crippen molar-refractivity contribution in [1.29, 1.82) is 0 Å². The fraction of sp³-hybridized carbons (Fsp3) is 0.417. The predicted molar refractivity (Wildman–Crippen MR) is 115 cm³/mol. The van der Waals surface area contributed by atoms with E-state index in [1.807, 2.05) is 84.3 Å². The zero-order valence-corrected chi connectivity index (χ0v) is 17.1. The topological polar surface area (TPSA) is 40.6 Å². The van der Waals surface area contributed by atoms with Gasteiger partial charge in [-0.05, 0) is 51.0 Å². The number of unbranched alkanes of at least 4 members (excludes halogenated alkanes) is 3. The van der Waals surface area contributed by atoms with Crippen LogP contribution in [0.3, 0.4) is 0 Å². The minimum atomic E-state index is 0.105. The number of hydrogen-bond donors (Lipinski definition) is 0. The van der Waals surface area contributed by atoms with Gasteiger partial charge in [-0.2, -0.15) is 0 Å². The monoisotopic (exact) mass is 380 g/mol. The fourth-order valence-electron chi connectivity index (χ4n) is 3.29. The second-order valence-corrected chi connectivity index (χ2v) is 6.92. The summed E-state index contributed by atoms with van der Waals surface area (Å²) in [5.74, 6) is 0.211. The lowest BCUT2D eigenvalue weighted by molar-refractivity contribution is 0.0747. The Kier molecular flexibility index (Phi) is 9.26. The maximum absolute atomic E-state index is 12.5. The van der Waals surface area contributed by atoms with Crippen LogP contribution in [0.1, 0.15) is 60.2 Å². The van der Waals surface area contributed by atoms with Gasteiger partial charge in [0.15, 0.2) is 0 Å². The van der Waals surface area contributed by atoms with E-state index in [1.165, 1.54) is 0 Å². The maximum atomic E-state index is 12.5. The maximum Gasteiger partial charge on any atom is 0.253 e. The molecule has 150 valence electrons. The molecule has 4 nitrogen and oxygen atoms in total. The van der Waals surface area contributed by atoms with Crippen molar-refractivity contribution in [2.75, 3.05) is 26.2 Å². The molecule has 0 aliphatic rings. The molecule has 28 heavy (non-hydrogen) atoms. The molecule has 0 saturated heterocycles. The summed E-state index contributed by atoms with van der Waals surface area (Å²) in [6.45, 7) is 7.06. The van der Waals surface area contributed by atoms with E-state index in [2.05, 4.69) is 0 Å². The van der Waals surface area contributed by atoms with Crippen molar-refractivity contribution in [3.63, 3.8) is 0 Å². The molecule has 0 spiro atoms. The van der Waals surface area contributed by atoms with Crippen LogP contribution in [0, 0.1) is 0 Å². The molecule has 4 heteroatoms. The molecule has 2 aromatic carbocycles. The molecule has 0 atom stereocenters. The minimum Gasteiger partial charge on any atom is -0.339 e. The molecule has 0 aliphatic heterocycles. The van der Waals surface area contributed by atoms with E-state index in [4.69, 9.17) is 0 Å².